The molecule has 0 aromatic rings. The molecule has 0 amide bonds. The Morgan fingerprint density at radius 3 is 2.89 bits per heavy atom. The number of thiol groups is 1. The summed E-state index contributed by atoms with van der Waals surface area (Å²) < 4.78 is 1.05. The van der Waals surface area contributed by atoms with Gasteiger partial charge in [0.15, 0.2) is 0 Å². The highest BCUT2D eigenvalue weighted by molar-refractivity contribution is 9.11. The van der Waals surface area contributed by atoms with E-state index in [1.807, 2.05) is 6.08 Å². The topological polar surface area (TPSA) is 38.0 Å². The normalized spacial score (nSPS) is 19.1. The van der Waals surface area contributed by atoms with Crippen LogP contribution in [-0.4, -0.2) is 6.54 Å². The van der Waals surface area contributed by atoms with Crippen LogP contribution in [0.3, 0.4) is 0 Å². The van der Waals surface area contributed by atoms with E-state index in [-0.39, 0.29) is 0 Å². The molecule has 0 aromatic carbocycles. The summed E-state index contributed by atoms with van der Waals surface area (Å²) in [7, 11) is 0. The Balaban J connectivity index is 2.83. The highest BCUT2D eigenvalue weighted by Gasteiger charge is 2.03. The number of nitrogens with one attached hydrogen (secondary N) is 1. The average Bonchev–Trinajstić information content (AvgIpc) is 1.80. The molecular formula is C5H7BrN2S. The first-order valence-corrected chi connectivity index (χ1v) is 3.73. The molecule has 1 aliphatic heterocycles. The van der Waals surface area contributed by atoms with E-state index in [1.54, 1.807) is 0 Å². The molecule has 0 saturated heterocycles. The third kappa shape index (κ3) is 1.66. The van der Waals surface area contributed by atoms with Crippen molar-refractivity contribution < 1.29 is 0 Å². The Morgan fingerprint density at radius 2 is 2.44 bits per heavy atom. The van der Waals surface area contributed by atoms with Gasteiger partial charge in [-0.1, -0.05) is 15.9 Å². The van der Waals surface area contributed by atoms with Crippen molar-refractivity contribution in [2.45, 2.75) is 0 Å². The van der Waals surface area contributed by atoms with Crippen LogP contribution in [0.4, 0.5) is 0 Å². The molecule has 0 spiro atoms. The van der Waals surface area contributed by atoms with E-state index in [0.29, 0.717) is 5.70 Å². The summed E-state index contributed by atoms with van der Waals surface area (Å²) in [5, 5.41) is 3.73. The van der Waals surface area contributed by atoms with E-state index in [9.17, 15) is 0 Å². The first-order valence-electron chi connectivity index (χ1n) is 2.49. The third-order valence-electron chi connectivity index (χ3n) is 1.01. The first kappa shape index (κ1) is 7.02. The minimum atomic E-state index is 0.677. The average molecular weight is 207 g/mol. The standard InChI is InChI=1S/C5H7BrN2S/c6-3-1-4(7)5(9)8-2-3/h1,8-9H,2,7H2. The van der Waals surface area contributed by atoms with E-state index in [0.717, 1.165) is 16.1 Å². The van der Waals surface area contributed by atoms with Gasteiger partial charge in [-0.2, -0.15) is 0 Å². The molecule has 3 N–H and O–H groups in total. The predicted octanol–water partition coefficient (Wildman–Crippen LogP) is 0.926. The lowest BCUT2D eigenvalue weighted by atomic mass is 10.3. The molecule has 0 radical (unpaired) electrons. The van der Waals surface area contributed by atoms with Gasteiger partial charge in [0, 0.05) is 11.0 Å². The SMILES string of the molecule is NC1=C(S)NCC(Br)=C1. The zero-order valence-corrected chi connectivity index (χ0v) is 7.17. The highest BCUT2D eigenvalue weighted by Crippen LogP contribution is 2.14. The molecule has 1 heterocycles. The van der Waals surface area contributed by atoms with Crippen molar-refractivity contribution in [2.24, 2.45) is 5.73 Å². The number of allylic oxidation sites excluding steroid dienone is 1. The molecule has 0 fully saturated rings. The van der Waals surface area contributed by atoms with Gasteiger partial charge in [-0.25, -0.2) is 0 Å². The molecule has 0 saturated carbocycles. The zero-order valence-electron chi connectivity index (χ0n) is 4.69. The maximum atomic E-state index is 5.50. The van der Waals surface area contributed by atoms with Gasteiger partial charge < -0.3 is 11.1 Å². The lowest BCUT2D eigenvalue weighted by molar-refractivity contribution is 0.925. The highest BCUT2D eigenvalue weighted by atomic mass is 79.9. The van der Waals surface area contributed by atoms with Crippen molar-refractivity contribution in [1.29, 1.82) is 0 Å². The Bertz CT molecular complexity index is 185. The molecule has 0 aliphatic carbocycles. The summed E-state index contributed by atoms with van der Waals surface area (Å²) in [5.74, 6) is 0. The lowest BCUT2D eigenvalue weighted by Crippen LogP contribution is -2.19. The third-order valence-corrected chi connectivity index (χ3v) is 1.94. The molecule has 0 atom stereocenters. The Labute approximate surface area is 67.7 Å². The van der Waals surface area contributed by atoms with Gasteiger partial charge in [0.2, 0.25) is 0 Å². The van der Waals surface area contributed by atoms with E-state index < -0.39 is 0 Å². The molecule has 50 valence electrons. The van der Waals surface area contributed by atoms with Crippen molar-refractivity contribution in [3.63, 3.8) is 0 Å². The Kier molecular flexibility index (Phi) is 2.08. The van der Waals surface area contributed by atoms with Gasteiger partial charge in [0.25, 0.3) is 0 Å². The van der Waals surface area contributed by atoms with Crippen molar-refractivity contribution in [1.82, 2.24) is 5.32 Å². The summed E-state index contributed by atoms with van der Waals surface area (Å²) in [5.41, 5.74) is 6.18. The van der Waals surface area contributed by atoms with Gasteiger partial charge in [-0.3, -0.25) is 0 Å². The van der Waals surface area contributed by atoms with Crippen LogP contribution in [0.1, 0.15) is 0 Å². The minimum absolute atomic E-state index is 0.677. The number of hydrogen-bond donors (Lipinski definition) is 3. The second-order valence-electron chi connectivity index (χ2n) is 1.75. The van der Waals surface area contributed by atoms with E-state index >= 15 is 0 Å². The summed E-state index contributed by atoms with van der Waals surface area (Å²) in [4.78, 5) is 0. The fourth-order valence-electron chi connectivity index (χ4n) is 0.558. The van der Waals surface area contributed by atoms with Crippen molar-refractivity contribution in [3.8, 4) is 0 Å². The van der Waals surface area contributed by atoms with Gasteiger partial charge in [-0.05, 0) is 6.08 Å². The summed E-state index contributed by atoms with van der Waals surface area (Å²) in [6.07, 6.45) is 1.85. The van der Waals surface area contributed by atoms with Crippen molar-refractivity contribution in [3.05, 3.63) is 21.3 Å². The van der Waals surface area contributed by atoms with Crippen LogP contribution in [0, 0.1) is 0 Å². The van der Waals surface area contributed by atoms with Crippen LogP contribution in [0.5, 0.6) is 0 Å². The van der Waals surface area contributed by atoms with Gasteiger partial charge in [0.05, 0.1) is 10.7 Å². The van der Waals surface area contributed by atoms with Gasteiger partial charge >= 0.3 is 0 Å². The molecule has 0 aromatic heterocycles. The van der Waals surface area contributed by atoms with Crippen LogP contribution in [-0.2, 0) is 0 Å². The summed E-state index contributed by atoms with van der Waals surface area (Å²) >= 11 is 7.38. The lowest BCUT2D eigenvalue weighted by Gasteiger charge is -2.12. The maximum absolute atomic E-state index is 5.50. The predicted molar refractivity (Wildman–Crippen MR) is 45.2 cm³/mol. The van der Waals surface area contributed by atoms with E-state index in [4.69, 9.17) is 5.73 Å². The molecule has 1 rings (SSSR count). The number of nitrogens with two attached hydrogens (primary N) is 1. The first-order chi connectivity index (χ1) is 4.20. The monoisotopic (exact) mass is 206 g/mol. The molecular weight excluding hydrogens is 200 g/mol. The largest absolute Gasteiger partial charge is 0.397 e. The van der Waals surface area contributed by atoms with Gasteiger partial charge in [-0.15, -0.1) is 12.6 Å². The fraction of sp³-hybridized carbons (Fsp3) is 0.200. The van der Waals surface area contributed by atoms with E-state index in [2.05, 4.69) is 33.9 Å². The molecule has 0 bridgehead atoms. The second kappa shape index (κ2) is 2.66. The number of dihydropyridines is 1. The maximum Gasteiger partial charge on any atom is 0.0887 e. The Morgan fingerprint density at radius 1 is 1.78 bits per heavy atom. The second-order valence-corrected chi connectivity index (χ2v) is 3.21. The Hall–Kier alpha value is -0.0900. The number of rotatable bonds is 0. The molecule has 9 heavy (non-hydrogen) atoms. The van der Waals surface area contributed by atoms with Crippen LogP contribution in [0.2, 0.25) is 0 Å². The summed E-state index contributed by atoms with van der Waals surface area (Å²) in [6.45, 7) is 0.777. The minimum Gasteiger partial charge on any atom is -0.397 e. The fourth-order valence-corrected chi connectivity index (χ4v) is 1.09. The number of halogens is 1. The van der Waals surface area contributed by atoms with Gasteiger partial charge in [0.1, 0.15) is 0 Å². The molecule has 4 heteroatoms. The van der Waals surface area contributed by atoms with Crippen molar-refractivity contribution in [2.75, 3.05) is 6.54 Å². The zero-order chi connectivity index (χ0) is 6.85. The molecule has 2 nitrogen and oxygen atoms in total. The molecule has 1 aliphatic rings. The number of hydrogen-bond acceptors (Lipinski definition) is 3. The quantitative estimate of drug-likeness (QED) is 0.517. The van der Waals surface area contributed by atoms with Crippen molar-refractivity contribution >= 4 is 28.6 Å². The van der Waals surface area contributed by atoms with Crippen LogP contribution < -0.4 is 11.1 Å². The molecule has 0 unspecified atom stereocenters. The van der Waals surface area contributed by atoms with Crippen LogP contribution in [0.15, 0.2) is 21.3 Å². The smallest absolute Gasteiger partial charge is 0.0887 e. The van der Waals surface area contributed by atoms with Crippen LogP contribution in [0.25, 0.3) is 0 Å². The van der Waals surface area contributed by atoms with E-state index in [1.165, 1.54) is 0 Å². The summed E-state index contributed by atoms with van der Waals surface area (Å²) in [6, 6.07) is 0. The van der Waals surface area contributed by atoms with Crippen LogP contribution >= 0.6 is 28.6 Å².